The molecule has 5 rings (SSSR count). The summed E-state index contributed by atoms with van der Waals surface area (Å²) in [7, 11) is 0. The molecule has 3 fully saturated rings. The molecule has 4 aliphatic heterocycles. The lowest BCUT2D eigenvalue weighted by Crippen LogP contribution is -2.54. The Balaban J connectivity index is 1.16. The molecule has 1 atom stereocenters. The van der Waals surface area contributed by atoms with Crippen LogP contribution in [0, 0.1) is 5.92 Å². The van der Waals surface area contributed by atoms with Gasteiger partial charge in [0.2, 0.25) is 17.7 Å². The average molecular weight is 554 g/mol. The summed E-state index contributed by atoms with van der Waals surface area (Å²) >= 11 is 0. The third-order valence-electron chi connectivity index (χ3n) is 7.88. The Morgan fingerprint density at radius 1 is 0.850 bits per heavy atom. The van der Waals surface area contributed by atoms with Gasteiger partial charge in [-0.3, -0.25) is 34.2 Å². The molecule has 6 amide bonds. The van der Waals surface area contributed by atoms with E-state index in [2.05, 4.69) is 10.2 Å². The Morgan fingerprint density at radius 2 is 1.48 bits per heavy atom. The van der Waals surface area contributed by atoms with Crippen LogP contribution in [0.1, 0.15) is 67.2 Å². The number of benzene rings is 1. The van der Waals surface area contributed by atoms with E-state index in [4.69, 9.17) is 4.74 Å². The minimum atomic E-state index is -0.999. The van der Waals surface area contributed by atoms with Crippen LogP contribution in [0.15, 0.2) is 18.2 Å². The number of hydrogen-bond donors (Lipinski definition) is 1. The third-order valence-corrected chi connectivity index (χ3v) is 7.88. The lowest BCUT2D eigenvalue weighted by molar-refractivity contribution is -0.138. The molecule has 0 aliphatic carbocycles. The predicted molar refractivity (Wildman–Crippen MR) is 142 cm³/mol. The number of nitrogens with one attached hydrogen (secondary N) is 1. The second-order valence-electron chi connectivity index (χ2n) is 11.7. The van der Waals surface area contributed by atoms with Crippen molar-refractivity contribution in [3.05, 3.63) is 29.3 Å². The molecule has 1 N–H and O–H groups in total. The van der Waals surface area contributed by atoms with Crippen molar-refractivity contribution >= 4 is 41.3 Å². The van der Waals surface area contributed by atoms with Crippen LogP contribution in [0.2, 0.25) is 0 Å². The molecule has 1 aromatic carbocycles. The highest BCUT2D eigenvalue weighted by atomic mass is 16.6. The fourth-order valence-electron chi connectivity index (χ4n) is 5.73. The van der Waals surface area contributed by atoms with Crippen LogP contribution in [0.25, 0.3) is 0 Å². The van der Waals surface area contributed by atoms with Gasteiger partial charge in [0.05, 0.1) is 11.1 Å². The largest absolute Gasteiger partial charge is 0.444 e. The Bertz CT molecular complexity index is 1260. The van der Waals surface area contributed by atoms with Gasteiger partial charge in [0.25, 0.3) is 11.8 Å². The summed E-state index contributed by atoms with van der Waals surface area (Å²) in [5, 5.41) is 2.20. The number of ether oxygens (including phenoxy) is 1. The number of fused-ring (bicyclic) bond motifs is 1. The Hall–Kier alpha value is -3.96. The fraction of sp³-hybridized carbons (Fsp3) is 0.571. The quantitative estimate of drug-likeness (QED) is 0.555. The first kappa shape index (κ1) is 27.6. The van der Waals surface area contributed by atoms with Crippen molar-refractivity contribution in [2.24, 2.45) is 5.92 Å². The lowest BCUT2D eigenvalue weighted by Gasteiger charge is -2.39. The molecule has 214 valence electrons. The highest BCUT2D eigenvalue weighted by Gasteiger charge is 2.45. The number of piperidine rings is 2. The zero-order valence-electron chi connectivity index (χ0n) is 23.1. The summed E-state index contributed by atoms with van der Waals surface area (Å²) in [6, 6.07) is 4.08. The van der Waals surface area contributed by atoms with Crippen LogP contribution >= 0.6 is 0 Å². The predicted octanol–water partition coefficient (Wildman–Crippen LogP) is 1.38. The highest BCUT2D eigenvalue weighted by molar-refractivity contribution is 6.23. The smallest absolute Gasteiger partial charge is 0.410 e. The second kappa shape index (κ2) is 10.5. The van der Waals surface area contributed by atoms with Crippen molar-refractivity contribution < 1.29 is 33.5 Å². The van der Waals surface area contributed by atoms with Gasteiger partial charge in [-0.2, -0.15) is 0 Å². The first-order chi connectivity index (χ1) is 18.9. The van der Waals surface area contributed by atoms with Gasteiger partial charge in [0.15, 0.2) is 0 Å². The van der Waals surface area contributed by atoms with Crippen LogP contribution in [-0.4, -0.2) is 101 Å². The molecule has 0 bridgehead atoms. The molecule has 1 aromatic rings. The number of nitrogens with zero attached hydrogens (tertiary/aromatic N) is 4. The molecule has 1 unspecified atom stereocenters. The monoisotopic (exact) mass is 553 g/mol. The summed E-state index contributed by atoms with van der Waals surface area (Å²) in [4.78, 5) is 82.0. The number of rotatable bonds is 3. The van der Waals surface area contributed by atoms with Gasteiger partial charge in [-0.15, -0.1) is 0 Å². The number of hydrogen-bond acceptors (Lipinski definition) is 8. The van der Waals surface area contributed by atoms with Crippen molar-refractivity contribution in [1.82, 2.24) is 20.0 Å². The van der Waals surface area contributed by atoms with Gasteiger partial charge in [0.1, 0.15) is 11.6 Å². The van der Waals surface area contributed by atoms with E-state index >= 15 is 0 Å². The second-order valence-corrected chi connectivity index (χ2v) is 11.7. The number of piperazine rings is 1. The van der Waals surface area contributed by atoms with Crippen molar-refractivity contribution in [2.75, 3.05) is 44.2 Å². The third kappa shape index (κ3) is 5.39. The molecule has 12 nitrogen and oxygen atoms in total. The average Bonchev–Trinajstić information content (AvgIpc) is 3.16. The van der Waals surface area contributed by atoms with Gasteiger partial charge >= 0.3 is 6.09 Å². The molecular formula is C28H35N5O7. The minimum Gasteiger partial charge on any atom is -0.444 e. The molecule has 0 spiro atoms. The van der Waals surface area contributed by atoms with Gasteiger partial charge < -0.3 is 19.4 Å². The maximum Gasteiger partial charge on any atom is 0.410 e. The van der Waals surface area contributed by atoms with Gasteiger partial charge in [-0.05, 0) is 58.2 Å². The van der Waals surface area contributed by atoms with Gasteiger partial charge in [-0.1, -0.05) is 0 Å². The topological polar surface area (TPSA) is 137 Å². The molecule has 0 aromatic heterocycles. The summed E-state index contributed by atoms with van der Waals surface area (Å²) in [6.07, 6.45) is 1.13. The van der Waals surface area contributed by atoms with E-state index in [1.165, 1.54) is 0 Å². The maximum absolute atomic E-state index is 13.2. The molecule has 12 heteroatoms. The van der Waals surface area contributed by atoms with E-state index in [-0.39, 0.29) is 41.9 Å². The first-order valence-corrected chi connectivity index (χ1v) is 13.8. The van der Waals surface area contributed by atoms with E-state index in [1.54, 1.807) is 23.1 Å². The van der Waals surface area contributed by atoms with Crippen molar-refractivity contribution in [3.63, 3.8) is 0 Å². The number of imide groups is 2. The SMILES string of the molecule is CC(C)(C)OC(=O)N1CCN(C(=O)C2CCN(c3ccc4c(c3)C(=O)N(C3CCC(=O)NC3=O)C4=O)CC2)CC1. The van der Waals surface area contributed by atoms with Crippen molar-refractivity contribution in [3.8, 4) is 0 Å². The molecule has 0 radical (unpaired) electrons. The van der Waals surface area contributed by atoms with Crippen LogP contribution in [-0.2, 0) is 19.1 Å². The Morgan fingerprint density at radius 3 is 2.10 bits per heavy atom. The molecule has 0 saturated carbocycles. The standard InChI is InChI=1S/C28H35N5O7/c1-28(2,3)40-27(39)32-14-12-31(13-15-32)24(36)17-8-10-30(11-9-17)18-4-5-19-20(16-18)26(38)33(25(19)37)21-6-7-22(34)29-23(21)35/h4-5,16-17,21H,6-15H2,1-3H3,(H,29,34,35). The maximum atomic E-state index is 13.2. The lowest BCUT2D eigenvalue weighted by atomic mass is 9.94. The van der Waals surface area contributed by atoms with Gasteiger partial charge in [0, 0.05) is 57.3 Å². The van der Waals surface area contributed by atoms with E-state index < -0.39 is 35.3 Å². The van der Waals surface area contributed by atoms with E-state index in [1.807, 2.05) is 25.7 Å². The number of carbonyl (C=O) groups excluding carboxylic acids is 6. The number of carbonyl (C=O) groups is 6. The summed E-state index contributed by atoms with van der Waals surface area (Å²) in [6.45, 7) is 8.55. The summed E-state index contributed by atoms with van der Waals surface area (Å²) < 4.78 is 5.43. The minimum absolute atomic E-state index is 0.0716. The zero-order valence-corrected chi connectivity index (χ0v) is 23.1. The van der Waals surface area contributed by atoms with Crippen LogP contribution in [0.5, 0.6) is 0 Å². The molecule has 4 heterocycles. The van der Waals surface area contributed by atoms with Gasteiger partial charge in [-0.25, -0.2) is 4.79 Å². The van der Waals surface area contributed by atoms with Crippen LogP contribution in [0.3, 0.4) is 0 Å². The Labute approximate surface area is 232 Å². The van der Waals surface area contributed by atoms with Crippen molar-refractivity contribution in [1.29, 1.82) is 0 Å². The van der Waals surface area contributed by atoms with E-state index in [0.717, 1.165) is 10.6 Å². The first-order valence-electron chi connectivity index (χ1n) is 13.8. The molecule has 3 saturated heterocycles. The Kier molecular flexibility index (Phi) is 7.28. The number of anilines is 1. The zero-order chi connectivity index (χ0) is 28.8. The summed E-state index contributed by atoms with van der Waals surface area (Å²) in [5.74, 6) is -2.14. The van der Waals surface area contributed by atoms with E-state index in [0.29, 0.717) is 52.1 Å². The number of amides is 6. The highest BCUT2D eigenvalue weighted by Crippen LogP contribution is 2.32. The molecule has 4 aliphatic rings. The van der Waals surface area contributed by atoms with Crippen molar-refractivity contribution in [2.45, 2.75) is 58.1 Å². The molecular weight excluding hydrogens is 518 g/mol. The van der Waals surface area contributed by atoms with Crippen LogP contribution in [0.4, 0.5) is 10.5 Å². The van der Waals surface area contributed by atoms with E-state index in [9.17, 15) is 28.8 Å². The summed E-state index contributed by atoms with van der Waals surface area (Å²) in [5.41, 5.74) is 0.705. The molecule has 40 heavy (non-hydrogen) atoms. The normalized spacial score (nSPS) is 22.4. The fourth-order valence-corrected chi connectivity index (χ4v) is 5.73. The van der Waals surface area contributed by atoms with Crippen LogP contribution < -0.4 is 10.2 Å².